The summed E-state index contributed by atoms with van der Waals surface area (Å²) in [5.41, 5.74) is 0.467. The Labute approximate surface area is 172 Å². The molecule has 30 heavy (non-hydrogen) atoms. The average molecular weight is 423 g/mol. The predicted octanol–water partition coefficient (Wildman–Crippen LogP) is 3.30. The van der Waals surface area contributed by atoms with E-state index in [1.165, 1.54) is 0 Å². The highest BCUT2D eigenvalue weighted by molar-refractivity contribution is 5.95. The third-order valence-electron chi connectivity index (χ3n) is 4.50. The van der Waals surface area contributed by atoms with Crippen LogP contribution in [-0.2, 0) is 9.59 Å². The summed E-state index contributed by atoms with van der Waals surface area (Å²) >= 11 is 0. The van der Waals surface area contributed by atoms with E-state index in [0.717, 1.165) is 23.8 Å². The molecule has 0 heterocycles. The Hall–Kier alpha value is -3.07. The van der Waals surface area contributed by atoms with Gasteiger partial charge in [-0.15, -0.1) is 0 Å². The van der Waals surface area contributed by atoms with Crippen molar-refractivity contribution in [1.29, 1.82) is 0 Å². The van der Waals surface area contributed by atoms with E-state index < -0.39 is 47.5 Å². The lowest BCUT2D eigenvalue weighted by atomic mass is 10.0. The zero-order valence-electron chi connectivity index (χ0n) is 16.9. The van der Waals surface area contributed by atoms with Crippen molar-refractivity contribution in [2.45, 2.75) is 32.4 Å². The third kappa shape index (κ3) is 5.96. The topological polar surface area (TPSA) is 79.5 Å². The summed E-state index contributed by atoms with van der Waals surface area (Å²) < 4.78 is 44.9. The minimum Gasteiger partial charge on any atom is -0.497 e. The van der Waals surface area contributed by atoms with Crippen LogP contribution < -0.4 is 20.7 Å². The lowest BCUT2D eigenvalue weighted by Gasteiger charge is -2.22. The molecule has 2 rings (SSSR count). The molecule has 9 heteroatoms. The van der Waals surface area contributed by atoms with Crippen LogP contribution in [0.1, 0.15) is 31.9 Å². The van der Waals surface area contributed by atoms with Gasteiger partial charge in [0, 0.05) is 6.04 Å². The Morgan fingerprint density at radius 2 is 1.70 bits per heavy atom. The number of rotatable bonds is 9. The fraction of sp³-hybridized carbons (Fsp3) is 0.333. The van der Waals surface area contributed by atoms with Gasteiger partial charge in [0.25, 0.3) is 0 Å². The van der Waals surface area contributed by atoms with Crippen molar-refractivity contribution < 1.29 is 27.5 Å². The molecule has 0 aliphatic heterocycles. The molecule has 0 bridgehead atoms. The SMILES string of the molecule is CCC(NC(C)C(=O)NCC(=O)Nc1ccc(F)c(F)c1F)c1ccc(OC)cc1. The number of hydrogen-bond donors (Lipinski definition) is 3. The molecular formula is C21H24F3N3O3. The summed E-state index contributed by atoms with van der Waals surface area (Å²) in [5, 5.41) is 7.70. The van der Waals surface area contributed by atoms with Crippen molar-refractivity contribution in [3.63, 3.8) is 0 Å². The highest BCUT2D eigenvalue weighted by atomic mass is 19.2. The molecule has 0 radical (unpaired) electrons. The van der Waals surface area contributed by atoms with Gasteiger partial charge in [-0.3, -0.25) is 14.9 Å². The van der Waals surface area contributed by atoms with Crippen molar-refractivity contribution in [2.24, 2.45) is 0 Å². The molecule has 0 aromatic heterocycles. The van der Waals surface area contributed by atoms with Crippen LogP contribution in [0.3, 0.4) is 0 Å². The number of anilines is 1. The highest BCUT2D eigenvalue weighted by Gasteiger charge is 2.20. The van der Waals surface area contributed by atoms with E-state index in [0.29, 0.717) is 6.07 Å². The fourth-order valence-electron chi connectivity index (χ4n) is 2.80. The predicted molar refractivity (Wildman–Crippen MR) is 107 cm³/mol. The molecule has 2 unspecified atom stereocenters. The van der Waals surface area contributed by atoms with Gasteiger partial charge in [0.1, 0.15) is 5.75 Å². The number of nitrogens with one attached hydrogen (secondary N) is 3. The normalized spacial score (nSPS) is 12.7. The quantitative estimate of drug-likeness (QED) is 0.541. The second-order valence-electron chi connectivity index (χ2n) is 6.61. The molecule has 0 saturated heterocycles. The summed E-state index contributed by atoms with van der Waals surface area (Å²) in [5.74, 6) is -5.04. The van der Waals surface area contributed by atoms with Crippen LogP contribution in [0, 0.1) is 17.5 Å². The van der Waals surface area contributed by atoms with E-state index in [4.69, 9.17) is 4.74 Å². The van der Waals surface area contributed by atoms with Crippen LogP contribution in [-0.4, -0.2) is 31.5 Å². The Kier molecular flexibility index (Phi) is 8.23. The first-order chi connectivity index (χ1) is 14.3. The van der Waals surface area contributed by atoms with Gasteiger partial charge in [0.2, 0.25) is 11.8 Å². The van der Waals surface area contributed by atoms with Crippen molar-refractivity contribution in [3.05, 3.63) is 59.4 Å². The Morgan fingerprint density at radius 1 is 1.03 bits per heavy atom. The first-order valence-corrected chi connectivity index (χ1v) is 9.37. The van der Waals surface area contributed by atoms with Gasteiger partial charge in [0.15, 0.2) is 17.5 Å². The van der Waals surface area contributed by atoms with Crippen LogP contribution in [0.4, 0.5) is 18.9 Å². The molecule has 0 saturated carbocycles. The van der Waals surface area contributed by atoms with Crippen LogP contribution in [0.2, 0.25) is 0 Å². The summed E-state index contributed by atoms with van der Waals surface area (Å²) in [6, 6.07) is 8.33. The lowest BCUT2D eigenvalue weighted by Crippen LogP contribution is -2.45. The van der Waals surface area contributed by atoms with Gasteiger partial charge < -0.3 is 15.4 Å². The van der Waals surface area contributed by atoms with Crippen LogP contribution in [0.25, 0.3) is 0 Å². The molecule has 2 atom stereocenters. The van der Waals surface area contributed by atoms with Crippen LogP contribution in [0.15, 0.2) is 36.4 Å². The summed E-state index contributed by atoms with van der Waals surface area (Å²) in [6.45, 7) is 3.16. The fourth-order valence-corrected chi connectivity index (χ4v) is 2.80. The maximum absolute atomic E-state index is 13.6. The number of hydrogen-bond acceptors (Lipinski definition) is 4. The Morgan fingerprint density at radius 3 is 2.30 bits per heavy atom. The van der Waals surface area contributed by atoms with E-state index >= 15 is 0 Å². The van der Waals surface area contributed by atoms with E-state index in [1.807, 2.05) is 31.2 Å². The third-order valence-corrected chi connectivity index (χ3v) is 4.50. The molecule has 0 aliphatic rings. The standard InChI is InChI=1S/C21H24F3N3O3/c1-4-16(13-5-7-14(30-3)8-6-13)26-12(2)21(29)25-11-18(28)27-17-10-9-15(22)19(23)20(17)24/h5-10,12,16,26H,4,11H2,1-3H3,(H,25,29)(H,27,28). The van der Waals surface area contributed by atoms with E-state index in [2.05, 4.69) is 16.0 Å². The average Bonchev–Trinajstić information content (AvgIpc) is 2.76. The van der Waals surface area contributed by atoms with Crippen LogP contribution in [0.5, 0.6) is 5.75 Å². The van der Waals surface area contributed by atoms with Gasteiger partial charge in [-0.25, -0.2) is 13.2 Å². The molecular weight excluding hydrogens is 399 g/mol. The summed E-state index contributed by atoms with van der Waals surface area (Å²) in [4.78, 5) is 24.2. The number of carbonyl (C=O) groups is 2. The number of halogens is 3. The molecule has 0 fully saturated rings. The highest BCUT2D eigenvalue weighted by Crippen LogP contribution is 2.21. The second-order valence-corrected chi connectivity index (χ2v) is 6.61. The molecule has 2 aromatic carbocycles. The minimum atomic E-state index is -1.68. The molecule has 3 N–H and O–H groups in total. The first-order valence-electron chi connectivity index (χ1n) is 9.37. The lowest BCUT2D eigenvalue weighted by molar-refractivity contribution is -0.125. The van der Waals surface area contributed by atoms with E-state index in [-0.39, 0.29) is 6.04 Å². The van der Waals surface area contributed by atoms with Crippen molar-refractivity contribution in [1.82, 2.24) is 10.6 Å². The first kappa shape index (κ1) is 23.2. The number of ether oxygens (including phenoxy) is 1. The molecule has 0 aliphatic carbocycles. The molecule has 2 amide bonds. The molecule has 162 valence electrons. The minimum absolute atomic E-state index is 0.0956. The van der Waals surface area contributed by atoms with Crippen molar-refractivity contribution in [3.8, 4) is 5.75 Å². The van der Waals surface area contributed by atoms with E-state index in [9.17, 15) is 22.8 Å². The Balaban J connectivity index is 1.88. The van der Waals surface area contributed by atoms with Crippen molar-refractivity contribution in [2.75, 3.05) is 19.0 Å². The maximum atomic E-state index is 13.6. The molecule has 6 nitrogen and oxygen atoms in total. The maximum Gasteiger partial charge on any atom is 0.243 e. The number of carbonyl (C=O) groups excluding carboxylic acids is 2. The summed E-state index contributed by atoms with van der Waals surface area (Å²) in [7, 11) is 1.58. The molecule has 0 spiro atoms. The smallest absolute Gasteiger partial charge is 0.243 e. The van der Waals surface area contributed by atoms with Gasteiger partial charge in [-0.1, -0.05) is 19.1 Å². The Bertz CT molecular complexity index is 891. The number of amides is 2. The summed E-state index contributed by atoms with van der Waals surface area (Å²) in [6.07, 6.45) is 0.722. The zero-order valence-corrected chi connectivity index (χ0v) is 16.9. The number of methoxy groups -OCH3 is 1. The van der Waals surface area contributed by atoms with Gasteiger partial charge >= 0.3 is 0 Å². The largest absolute Gasteiger partial charge is 0.497 e. The second kappa shape index (κ2) is 10.6. The number of benzene rings is 2. The van der Waals surface area contributed by atoms with Gasteiger partial charge in [-0.05, 0) is 43.2 Å². The van der Waals surface area contributed by atoms with Crippen LogP contribution >= 0.6 is 0 Å². The monoisotopic (exact) mass is 423 g/mol. The van der Waals surface area contributed by atoms with Crippen molar-refractivity contribution >= 4 is 17.5 Å². The zero-order chi connectivity index (χ0) is 22.3. The van der Waals surface area contributed by atoms with Gasteiger partial charge in [0.05, 0.1) is 25.4 Å². The molecule has 2 aromatic rings. The van der Waals surface area contributed by atoms with Gasteiger partial charge in [-0.2, -0.15) is 0 Å². The van der Waals surface area contributed by atoms with E-state index in [1.54, 1.807) is 14.0 Å².